The van der Waals surface area contributed by atoms with Crippen molar-refractivity contribution in [2.75, 3.05) is 40.8 Å². The van der Waals surface area contributed by atoms with Crippen LogP contribution in [0.25, 0.3) is 0 Å². The molecule has 0 radical (unpaired) electrons. The highest BCUT2D eigenvalue weighted by atomic mass is 19.1. The zero-order chi connectivity index (χ0) is 15.1. The van der Waals surface area contributed by atoms with Gasteiger partial charge in [0.25, 0.3) is 0 Å². The van der Waals surface area contributed by atoms with Crippen LogP contribution in [-0.4, -0.2) is 56.6 Å². The molecule has 0 aromatic heterocycles. The van der Waals surface area contributed by atoms with Gasteiger partial charge >= 0.3 is 0 Å². The lowest BCUT2D eigenvalue weighted by Gasteiger charge is -2.33. The van der Waals surface area contributed by atoms with E-state index in [-0.39, 0.29) is 11.9 Å². The predicted octanol–water partition coefficient (Wildman–Crippen LogP) is 2.36. The molecular formula is C16H28FN3. The van der Waals surface area contributed by atoms with E-state index in [0.29, 0.717) is 6.04 Å². The van der Waals surface area contributed by atoms with Gasteiger partial charge in [0.1, 0.15) is 5.82 Å². The van der Waals surface area contributed by atoms with Crippen molar-refractivity contribution in [2.45, 2.75) is 25.9 Å². The van der Waals surface area contributed by atoms with Crippen molar-refractivity contribution in [3.8, 4) is 0 Å². The van der Waals surface area contributed by atoms with Crippen LogP contribution in [0.5, 0.6) is 0 Å². The Morgan fingerprint density at radius 3 is 2.35 bits per heavy atom. The molecule has 0 spiro atoms. The lowest BCUT2D eigenvalue weighted by molar-refractivity contribution is 0.166. The summed E-state index contributed by atoms with van der Waals surface area (Å²) in [5.41, 5.74) is 0.741. The fourth-order valence-corrected chi connectivity index (χ4v) is 2.60. The van der Waals surface area contributed by atoms with Crippen molar-refractivity contribution in [2.24, 2.45) is 0 Å². The summed E-state index contributed by atoms with van der Waals surface area (Å²) in [7, 11) is 6.05. The van der Waals surface area contributed by atoms with Crippen LogP contribution in [0.15, 0.2) is 24.3 Å². The van der Waals surface area contributed by atoms with Crippen LogP contribution in [0.2, 0.25) is 0 Å². The molecule has 0 saturated carbocycles. The molecule has 3 nitrogen and oxygen atoms in total. The van der Waals surface area contributed by atoms with Gasteiger partial charge in [-0.15, -0.1) is 0 Å². The third-order valence-corrected chi connectivity index (χ3v) is 3.71. The van der Waals surface area contributed by atoms with Gasteiger partial charge in [0.2, 0.25) is 0 Å². The molecule has 1 aromatic carbocycles. The van der Waals surface area contributed by atoms with E-state index < -0.39 is 0 Å². The number of nitrogens with one attached hydrogen (secondary N) is 1. The smallest absolute Gasteiger partial charge is 0.128 e. The Labute approximate surface area is 122 Å². The van der Waals surface area contributed by atoms with Crippen LogP contribution in [0.1, 0.15) is 25.5 Å². The van der Waals surface area contributed by atoms with Crippen LogP contribution in [0.4, 0.5) is 4.39 Å². The first-order valence-corrected chi connectivity index (χ1v) is 7.30. The summed E-state index contributed by atoms with van der Waals surface area (Å²) >= 11 is 0. The lowest BCUT2D eigenvalue weighted by atomic mass is 10.0. The third kappa shape index (κ3) is 4.85. The summed E-state index contributed by atoms with van der Waals surface area (Å²) in [6.45, 7) is 7.14. The van der Waals surface area contributed by atoms with Crippen LogP contribution in [-0.2, 0) is 0 Å². The molecule has 0 amide bonds. The summed E-state index contributed by atoms with van der Waals surface area (Å²) in [5, 5.41) is 3.24. The maximum absolute atomic E-state index is 13.9. The second kappa shape index (κ2) is 8.35. The average molecular weight is 281 g/mol. The molecule has 0 heterocycles. The van der Waals surface area contributed by atoms with E-state index in [2.05, 4.69) is 43.1 Å². The molecule has 1 aromatic rings. The van der Waals surface area contributed by atoms with E-state index in [1.165, 1.54) is 6.07 Å². The summed E-state index contributed by atoms with van der Waals surface area (Å²) in [6.07, 6.45) is 0. The predicted molar refractivity (Wildman–Crippen MR) is 83.5 cm³/mol. The largest absolute Gasteiger partial charge is 0.312 e. The van der Waals surface area contributed by atoms with Gasteiger partial charge in [0, 0.05) is 30.7 Å². The molecular weight excluding hydrogens is 253 g/mol. The summed E-state index contributed by atoms with van der Waals surface area (Å²) in [6, 6.07) is 7.47. The maximum Gasteiger partial charge on any atom is 0.128 e. The van der Waals surface area contributed by atoms with Crippen molar-refractivity contribution in [1.82, 2.24) is 15.1 Å². The van der Waals surface area contributed by atoms with E-state index >= 15 is 0 Å². The van der Waals surface area contributed by atoms with E-state index in [1.807, 2.05) is 19.2 Å². The Balaban J connectivity index is 2.78. The van der Waals surface area contributed by atoms with Crippen LogP contribution < -0.4 is 5.32 Å². The second-order valence-corrected chi connectivity index (χ2v) is 5.56. The van der Waals surface area contributed by atoms with E-state index in [4.69, 9.17) is 0 Å². The summed E-state index contributed by atoms with van der Waals surface area (Å²) < 4.78 is 13.9. The number of benzene rings is 1. The first-order valence-electron chi connectivity index (χ1n) is 7.30. The van der Waals surface area contributed by atoms with Gasteiger partial charge in [-0.3, -0.25) is 4.90 Å². The van der Waals surface area contributed by atoms with Crippen LogP contribution in [0.3, 0.4) is 0 Å². The molecule has 114 valence electrons. The minimum atomic E-state index is -0.136. The SMILES string of the molecule is CCN(CC(NC)c1ccccc1F)C(C)CN(C)C. The highest BCUT2D eigenvalue weighted by molar-refractivity contribution is 5.21. The van der Waals surface area contributed by atoms with Gasteiger partial charge in [0.05, 0.1) is 0 Å². The normalized spacial score (nSPS) is 14.8. The van der Waals surface area contributed by atoms with Gasteiger partial charge in [-0.05, 0) is 40.7 Å². The molecule has 0 fully saturated rings. The molecule has 0 saturated heterocycles. The lowest BCUT2D eigenvalue weighted by Crippen LogP contribution is -2.44. The average Bonchev–Trinajstić information content (AvgIpc) is 2.40. The molecule has 0 aliphatic rings. The quantitative estimate of drug-likeness (QED) is 0.789. The molecule has 1 rings (SSSR count). The summed E-state index contributed by atoms with van der Waals surface area (Å²) in [4.78, 5) is 4.57. The van der Waals surface area contributed by atoms with Crippen molar-refractivity contribution in [1.29, 1.82) is 0 Å². The molecule has 1 N–H and O–H groups in total. The third-order valence-electron chi connectivity index (χ3n) is 3.71. The number of hydrogen-bond acceptors (Lipinski definition) is 3. The molecule has 0 bridgehead atoms. The Kier molecular flexibility index (Phi) is 7.13. The molecule has 2 unspecified atom stereocenters. The van der Waals surface area contributed by atoms with Gasteiger partial charge in [-0.1, -0.05) is 25.1 Å². The number of rotatable bonds is 8. The molecule has 0 aliphatic carbocycles. The number of halogens is 1. The topological polar surface area (TPSA) is 18.5 Å². The fourth-order valence-electron chi connectivity index (χ4n) is 2.60. The van der Waals surface area contributed by atoms with Gasteiger partial charge in [-0.2, -0.15) is 0 Å². The van der Waals surface area contributed by atoms with Crippen molar-refractivity contribution in [3.63, 3.8) is 0 Å². The van der Waals surface area contributed by atoms with Gasteiger partial charge in [-0.25, -0.2) is 4.39 Å². The standard InChI is InChI=1S/C16H28FN3/c1-6-20(13(2)11-19(4)5)12-16(18-3)14-9-7-8-10-15(14)17/h7-10,13,16,18H,6,11-12H2,1-5H3. The fraction of sp³-hybridized carbons (Fsp3) is 0.625. The second-order valence-electron chi connectivity index (χ2n) is 5.56. The molecule has 4 heteroatoms. The highest BCUT2D eigenvalue weighted by Crippen LogP contribution is 2.18. The van der Waals surface area contributed by atoms with E-state index in [9.17, 15) is 4.39 Å². The highest BCUT2D eigenvalue weighted by Gasteiger charge is 2.20. The van der Waals surface area contributed by atoms with Crippen LogP contribution in [0, 0.1) is 5.82 Å². The molecule has 20 heavy (non-hydrogen) atoms. The number of likely N-dealkylation sites (N-methyl/N-ethyl adjacent to an activating group) is 3. The summed E-state index contributed by atoms with van der Waals surface area (Å²) in [5.74, 6) is -0.136. The van der Waals surface area contributed by atoms with Gasteiger partial charge in [0.15, 0.2) is 0 Å². The molecule has 2 atom stereocenters. The Bertz CT molecular complexity index is 395. The Morgan fingerprint density at radius 1 is 1.20 bits per heavy atom. The van der Waals surface area contributed by atoms with E-state index in [1.54, 1.807) is 6.07 Å². The minimum Gasteiger partial charge on any atom is -0.312 e. The maximum atomic E-state index is 13.9. The first kappa shape index (κ1) is 17.1. The van der Waals surface area contributed by atoms with Crippen molar-refractivity contribution >= 4 is 0 Å². The zero-order valence-electron chi connectivity index (χ0n) is 13.4. The monoisotopic (exact) mass is 281 g/mol. The van der Waals surface area contributed by atoms with Crippen molar-refractivity contribution < 1.29 is 4.39 Å². The molecule has 0 aliphatic heterocycles. The zero-order valence-corrected chi connectivity index (χ0v) is 13.4. The Morgan fingerprint density at radius 2 is 1.85 bits per heavy atom. The van der Waals surface area contributed by atoms with Gasteiger partial charge < -0.3 is 10.2 Å². The first-order chi connectivity index (χ1) is 9.49. The number of nitrogens with zero attached hydrogens (tertiary/aromatic N) is 2. The van der Waals surface area contributed by atoms with E-state index in [0.717, 1.165) is 25.2 Å². The number of hydrogen-bond donors (Lipinski definition) is 1. The minimum absolute atomic E-state index is 0.0146. The van der Waals surface area contributed by atoms with Crippen LogP contribution >= 0.6 is 0 Å². The Hall–Kier alpha value is -0.970. The van der Waals surface area contributed by atoms with Crippen molar-refractivity contribution in [3.05, 3.63) is 35.6 Å².